The molecule has 0 bridgehead atoms. The first-order chi connectivity index (χ1) is 13.4. The molecule has 0 fully saturated rings. The molecule has 0 unspecified atom stereocenters. The van der Waals surface area contributed by atoms with Gasteiger partial charge in [0.25, 0.3) is 11.6 Å². The number of nitrogens with zero attached hydrogens (tertiary/aromatic N) is 1. The van der Waals surface area contributed by atoms with E-state index in [-0.39, 0.29) is 23.0 Å². The van der Waals surface area contributed by atoms with Gasteiger partial charge in [0.2, 0.25) is 0 Å². The third-order valence-electron chi connectivity index (χ3n) is 4.23. The van der Waals surface area contributed by atoms with Crippen LogP contribution in [0.2, 0.25) is 5.02 Å². The number of nitro groups is 1. The minimum atomic E-state index is -0.689. The Morgan fingerprint density at radius 2 is 1.89 bits per heavy atom. The monoisotopic (exact) mass is 404 g/mol. The first kappa shape index (κ1) is 19.6. The molecule has 28 heavy (non-hydrogen) atoms. The number of esters is 1. The third-order valence-corrected chi connectivity index (χ3v) is 4.54. The van der Waals surface area contributed by atoms with Crippen LogP contribution in [0.4, 0.5) is 11.4 Å². The van der Waals surface area contributed by atoms with Gasteiger partial charge in [-0.1, -0.05) is 17.7 Å². The van der Waals surface area contributed by atoms with Crippen molar-refractivity contribution >= 4 is 34.9 Å². The highest BCUT2D eigenvalue weighted by Gasteiger charge is 2.14. The molecule has 0 aliphatic heterocycles. The van der Waals surface area contributed by atoms with Gasteiger partial charge < -0.3 is 14.8 Å². The fraction of sp³-hybridized carbons (Fsp3) is 0.263. The number of carbonyl (C=O) groups excluding carboxylic acids is 2. The SMILES string of the molecule is O=C(COC(=O)COc1ccc2c(c1)CCC2)Nc1ccc([N+](=O)[O-])cc1Cl. The van der Waals surface area contributed by atoms with Crippen LogP contribution < -0.4 is 10.1 Å². The van der Waals surface area contributed by atoms with Crippen molar-refractivity contribution in [3.8, 4) is 5.75 Å². The minimum absolute atomic E-state index is 0.00817. The number of halogens is 1. The molecule has 0 radical (unpaired) electrons. The molecule has 2 aromatic rings. The number of nitrogens with one attached hydrogen (secondary N) is 1. The van der Waals surface area contributed by atoms with Crippen molar-refractivity contribution in [3.05, 3.63) is 62.7 Å². The molecule has 1 N–H and O–H groups in total. The summed E-state index contributed by atoms with van der Waals surface area (Å²) < 4.78 is 10.3. The summed E-state index contributed by atoms with van der Waals surface area (Å²) >= 11 is 5.89. The number of hydrogen-bond donors (Lipinski definition) is 1. The Kier molecular flexibility index (Phi) is 6.10. The number of carbonyl (C=O) groups is 2. The average Bonchev–Trinajstić information content (AvgIpc) is 3.14. The summed E-state index contributed by atoms with van der Waals surface area (Å²) in [5, 5.41) is 13.1. The molecule has 146 valence electrons. The maximum absolute atomic E-state index is 11.9. The smallest absolute Gasteiger partial charge is 0.344 e. The molecule has 1 amide bonds. The number of ether oxygens (including phenoxy) is 2. The van der Waals surface area contributed by atoms with Crippen molar-refractivity contribution in [3.63, 3.8) is 0 Å². The van der Waals surface area contributed by atoms with E-state index in [4.69, 9.17) is 21.1 Å². The summed E-state index contributed by atoms with van der Waals surface area (Å²) in [6, 6.07) is 9.34. The topological polar surface area (TPSA) is 108 Å². The van der Waals surface area contributed by atoms with Gasteiger partial charge in [-0.2, -0.15) is 0 Å². The standard InChI is InChI=1S/C19H17ClN2O6/c20-16-9-14(22(25)26)5-7-17(16)21-18(23)10-28-19(24)11-27-15-6-4-12-2-1-3-13(12)8-15/h4-9H,1-3,10-11H2,(H,21,23). The van der Waals surface area contributed by atoms with Gasteiger partial charge in [0, 0.05) is 12.1 Å². The quantitative estimate of drug-likeness (QED) is 0.431. The Morgan fingerprint density at radius 3 is 2.64 bits per heavy atom. The fourth-order valence-electron chi connectivity index (χ4n) is 2.87. The molecule has 0 atom stereocenters. The number of nitro benzene ring substituents is 1. The van der Waals surface area contributed by atoms with Gasteiger partial charge in [0.1, 0.15) is 5.75 Å². The van der Waals surface area contributed by atoms with Crippen molar-refractivity contribution in [1.29, 1.82) is 0 Å². The number of fused-ring (bicyclic) bond motifs is 1. The van der Waals surface area contributed by atoms with Gasteiger partial charge >= 0.3 is 5.97 Å². The summed E-state index contributed by atoms with van der Waals surface area (Å²) in [6.07, 6.45) is 3.18. The fourth-order valence-corrected chi connectivity index (χ4v) is 3.10. The van der Waals surface area contributed by atoms with E-state index in [1.54, 1.807) is 6.07 Å². The van der Waals surface area contributed by atoms with Crippen LogP contribution in [-0.2, 0) is 27.2 Å². The van der Waals surface area contributed by atoms with Crippen molar-refractivity contribution in [2.45, 2.75) is 19.3 Å². The van der Waals surface area contributed by atoms with E-state index in [0.29, 0.717) is 5.75 Å². The lowest BCUT2D eigenvalue weighted by molar-refractivity contribution is -0.384. The second kappa shape index (κ2) is 8.71. The van der Waals surface area contributed by atoms with Crippen molar-refractivity contribution in [2.24, 2.45) is 0 Å². The summed E-state index contributed by atoms with van der Waals surface area (Å²) in [7, 11) is 0. The van der Waals surface area contributed by atoms with E-state index in [1.165, 1.54) is 23.3 Å². The van der Waals surface area contributed by atoms with Gasteiger partial charge in [0.15, 0.2) is 13.2 Å². The van der Waals surface area contributed by atoms with Crippen LogP contribution in [0.25, 0.3) is 0 Å². The van der Waals surface area contributed by atoms with Gasteiger partial charge in [-0.25, -0.2) is 4.79 Å². The Hall–Kier alpha value is -3.13. The molecule has 9 heteroatoms. The van der Waals surface area contributed by atoms with E-state index in [2.05, 4.69) is 5.32 Å². The number of non-ortho nitro benzene ring substituents is 1. The van der Waals surface area contributed by atoms with Crippen molar-refractivity contribution in [1.82, 2.24) is 0 Å². The molecular weight excluding hydrogens is 388 g/mol. The van der Waals surface area contributed by atoms with E-state index in [9.17, 15) is 19.7 Å². The highest BCUT2D eigenvalue weighted by Crippen LogP contribution is 2.27. The Balaban J connectivity index is 1.44. The summed E-state index contributed by atoms with van der Waals surface area (Å²) in [5.41, 5.74) is 2.52. The Morgan fingerprint density at radius 1 is 1.11 bits per heavy atom. The molecule has 0 heterocycles. The van der Waals surface area contributed by atoms with E-state index < -0.39 is 23.4 Å². The number of anilines is 1. The number of aryl methyl sites for hydroxylation is 2. The van der Waals surface area contributed by atoms with Gasteiger partial charge in [0.05, 0.1) is 15.6 Å². The first-order valence-corrected chi connectivity index (χ1v) is 8.94. The van der Waals surface area contributed by atoms with E-state index in [1.807, 2.05) is 12.1 Å². The summed E-state index contributed by atoms with van der Waals surface area (Å²) in [6.45, 7) is -0.843. The Bertz CT molecular complexity index is 931. The molecular formula is C19H17ClN2O6. The Labute approximate surface area is 165 Å². The second-order valence-electron chi connectivity index (χ2n) is 6.20. The highest BCUT2D eigenvalue weighted by atomic mass is 35.5. The molecule has 0 saturated carbocycles. The normalized spacial score (nSPS) is 12.2. The zero-order valence-corrected chi connectivity index (χ0v) is 15.5. The van der Waals surface area contributed by atoms with E-state index >= 15 is 0 Å². The maximum atomic E-state index is 11.9. The van der Waals surface area contributed by atoms with Crippen LogP contribution in [-0.4, -0.2) is 30.0 Å². The lowest BCUT2D eigenvalue weighted by Crippen LogP contribution is -2.23. The van der Waals surface area contributed by atoms with Gasteiger partial charge in [-0.3, -0.25) is 14.9 Å². The molecule has 0 aromatic heterocycles. The molecule has 0 saturated heterocycles. The lowest BCUT2D eigenvalue weighted by atomic mass is 10.1. The number of rotatable bonds is 7. The minimum Gasteiger partial charge on any atom is -0.482 e. The molecule has 1 aliphatic rings. The lowest BCUT2D eigenvalue weighted by Gasteiger charge is -2.09. The van der Waals surface area contributed by atoms with Gasteiger partial charge in [-0.05, 0) is 48.6 Å². The van der Waals surface area contributed by atoms with Crippen molar-refractivity contribution in [2.75, 3.05) is 18.5 Å². The zero-order chi connectivity index (χ0) is 20.1. The highest BCUT2D eigenvalue weighted by molar-refractivity contribution is 6.34. The van der Waals surface area contributed by atoms with Crippen LogP contribution >= 0.6 is 11.6 Å². The van der Waals surface area contributed by atoms with Crippen LogP contribution in [0.3, 0.4) is 0 Å². The predicted molar refractivity (Wildman–Crippen MR) is 102 cm³/mol. The maximum Gasteiger partial charge on any atom is 0.344 e. The molecule has 3 rings (SSSR count). The molecule has 0 spiro atoms. The summed E-state index contributed by atoms with van der Waals surface area (Å²) in [5.74, 6) is -0.730. The number of amides is 1. The van der Waals surface area contributed by atoms with Crippen LogP contribution in [0, 0.1) is 10.1 Å². The predicted octanol–water partition coefficient (Wildman–Crippen LogP) is 3.30. The largest absolute Gasteiger partial charge is 0.482 e. The van der Waals surface area contributed by atoms with Crippen LogP contribution in [0.5, 0.6) is 5.75 Å². The number of hydrogen-bond acceptors (Lipinski definition) is 6. The molecule has 2 aromatic carbocycles. The van der Waals surface area contributed by atoms with E-state index in [0.717, 1.165) is 25.3 Å². The molecule has 8 nitrogen and oxygen atoms in total. The third kappa shape index (κ3) is 4.98. The molecule has 1 aliphatic carbocycles. The summed E-state index contributed by atoms with van der Waals surface area (Å²) in [4.78, 5) is 33.7. The van der Waals surface area contributed by atoms with Crippen LogP contribution in [0.15, 0.2) is 36.4 Å². The average molecular weight is 405 g/mol. The zero-order valence-electron chi connectivity index (χ0n) is 14.8. The first-order valence-electron chi connectivity index (χ1n) is 8.56. The second-order valence-corrected chi connectivity index (χ2v) is 6.61. The van der Waals surface area contributed by atoms with Gasteiger partial charge in [-0.15, -0.1) is 0 Å². The van der Waals surface area contributed by atoms with Crippen LogP contribution in [0.1, 0.15) is 17.5 Å². The van der Waals surface area contributed by atoms with Crippen molar-refractivity contribution < 1.29 is 24.0 Å². The number of benzene rings is 2.